The molecule has 0 atom stereocenters. The van der Waals surface area contributed by atoms with Crippen molar-refractivity contribution in [3.05, 3.63) is 85.8 Å². The Labute approximate surface area is 131 Å². The highest BCUT2D eigenvalue weighted by Gasteiger charge is 2.08. The van der Waals surface area contributed by atoms with Crippen molar-refractivity contribution < 1.29 is 0 Å². The Morgan fingerprint density at radius 3 is 2.33 bits per heavy atom. The van der Waals surface area contributed by atoms with E-state index in [0.29, 0.717) is 0 Å². The molecule has 0 aliphatic rings. The SMILES string of the molecule is C=C/C=C\C(=C)N(CCC)C(=C)CC/C(C=C)=C/C=C/C. The molecule has 0 rings (SSSR count). The van der Waals surface area contributed by atoms with Gasteiger partial charge in [-0.15, -0.1) is 0 Å². The van der Waals surface area contributed by atoms with Crippen molar-refractivity contribution in [2.24, 2.45) is 0 Å². The Morgan fingerprint density at radius 2 is 1.81 bits per heavy atom. The molecule has 0 amide bonds. The highest BCUT2D eigenvalue weighted by molar-refractivity contribution is 5.25. The second-order valence-corrected chi connectivity index (χ2v) is 4.78. The Morgan fingerprint density at radius 1 is 1.10 bits per heavy atom. The summed E-state index contributed by atoms with van der Waals surface area (Å²) in [5.74, 6) is 0. The van der Waals surface area contributed by atoms with E-state index in [1.165, 1.54) is 5.57 Å². The van der Waals surface area contributed by atoms with Gasteiger partial charge in [-0.05, 0) is 37.8 Å². The summed E-state index contributed by atoms with van der Waals surface area (Å²) >= 11 is 0. The van der Waals surface area contributed by atoms with Crippen LogP contribution >= 0.6 is 0 Å². The van der Waals surface area contributed by atoms with Gasteiger partial charge in [-0.2, -0.15) is 0 Å². The predicted molar refractivity (Wildman–Crippen MR) is 96.9 cm³/mol. The highest BCUT2D eigenvalue weighted by atomic mass is 15.1. The summed E-state index contributed by atoms with van der Waals surface area (Å²) in [6.45, 7) is 21.0. The lowest BCUT2D eigenvalue weighted by Crippen LogP contribution is -2.21. The van der Waals surface area contributed by atoms with E-state index >= 15 is 0 Å². The van der Waals surface area contributed by atoms with E-state index in [4.69, 9.17) is 0 Å². The Hall–Kier alpha value is -2.02. The first kappa shape index (κ1) is 19.0. The maximum Gasteiger partial charge on any atom is 0.0334 e. The highest BCUT2D eigenvalue weighted by Crippen LogP contribution is 2.19. The van der Waals surface area contributed by atoms with Crippen LogP contribution < -0.4 is 0 Å². The summed E-state index contributed by atoms with van der Waals surface area (Å²) in [5.41, 5.74) is 3.26. The van der Waals surface area contributed by atoms with E-state index < -0.39 is 0 Å². The summed E-state index contributed by atoms with van der Waals surface area (Å²) in [6, 6.07) is 0. The van der Waals surface area contributed by atoms with Gasteiger partial charge in [-0.3, -0.25) is 0 Å². The van der Waals surface area contributed by atoms with Gasteiger partial charge in [-0.1, -0.05) is 69.7 Å². The van der Waals surface area contributed by atoms with Crippen molar-refractivity contribution >= 4 is 0 Å². The van der Waals surface area contributed by atoms with Crippen LogP contribution in [0.25, 0.3) is 0 Å². The van der Waals surface area contributed by atoms with Crippen LogP contribution in [0.5, 0.6) is 0 Å². The molecule has 0 spiro atoms. The minimum absolute atomic E-state index is 0.899. The summed E-state index contributed by atoms with van der Waals surface area (Å²) in [6.07, 6.45) is 16.6. The molecular formula is C20H29N. The number of nitrogens with zero attached hydrogens (tertiary/aromatic N) is 1. The summed E-state index contributed by atoms with van der Waals surface area (Å²) in [7, 11) is 0. The minimum atomic E-state index is 0.899. The molecule has 0 aliphatic heterocycles. The van der Waals surface area contributed by atoms with Gasteiger partial charge in [0, 0.05) is 17.9 Å². The fourth-order valence-electron chi connectivity index (χ4n) is 1.89. The Kier molecular flexibility index (Phi) is 10.6. The maximum atomic E-state index is 4.22. The van der Waals surface area contributed by atoms with E-state index in [1.54, 1.807) is 6.08 Å². The fourth-order valence-corrected chi connectivity index (χ4v) is 1.89. The zero-order valence-corrected chi connectivity index (χ0v) is 13.6. The number of rotatable bonds is 11. The molecule has 0 unspecified atom stereocenters. The smallest absolute Gasteiger partial charge is 0.0334 e. The molecule has 0 aliphatic carbocycles. The van der Waals surface area contributed by atoms with Crippen LogP contribution in [0.4, 0.5) is 0 Å². The molecule has 114 valence electrons. The summed E-state index contributed by atoms with van der Waals surface area (Å²) in [5, 5.41) is 0. The van der Waals surface area contributed by atoms with Gasteiger partial charge in [0.25, 0.3) is 0 Å². The van der Waals surface area contributed by atoms with Crippen molar-refractivity contribution in [2.45, 2.75) is 33.1 Å². The minimum Gasteiger partial charge on any atom is -0.346 e. The average Bonchev–Trinajstić information content (AvgIpc) is 2.50. The average molecular weight is 283 g/mol. The molecule has 0 N–H and O–H groups in total. The van der Waals surface area contributed by atoms with Crippen LogP contribution in [0.3, 0.4) is 0 Å². The molecule has 0 aromatic carbocycles. The van der Waals surface area contributed by atoms with E-state index in [1.807, 2.05) is 37.3 Å². The van der Waals surface area contributed by atoms with Crippen LogP contribution in [0.2, 0.25) is 0 Å². The van der Waals surface area contributed by atoms with E-state index in [2.05, 4.69) is 44.2 Å². The number of hydrogen-bond donors (Lipinski definition) is 0. The third-order valence-electron chi connectivity index (χ3n) is 3.07. The van der Waals surface area contributed by atoms with Crippen LogP contribution in [0.15, 0.2) is 85.8 Å². The van der Waals surface area contributed by atoms with E-state index in [9.17, 15) is 0 Å². The molecule has 0 saturated heterocycles. The van der Waals surface area contributed by atoms with Crippen LogP contribution in [-0.4, -0.2) is 11.4 Å². The molecule has 0 heterocycles. The molecule has 0 aromatic rings. The number of hydrogen-bond acceptors (Lipinski definition) is 1. The standard InChI is InChI=1S/C20H29N/c1-7-11-13-18(5)21(17-9-3)19(6)15-16-20(10-4)14-12-8-2/h7-8,10-14H,1,4-6,9,15-17H2,2-3H3/b12-8+,13-11-,20-14+. The molecule has 0 saturated carbocycles. The van der Waals surface area contributed by atoms with Gasteiger partial charge in [0.1, 0.15) is 0 Å². The lowest BCUT2D eigenvalue weighted by Gasteiger charge is -2.27. The molecule has 1 nitrogen and oxygen atoms in total. The molecule has 0 aromatic heterocycles. The quantitative estimate of drug-likeness (QED) is 0.424. The Balaban J connectivity index is 4.75. The van der Waals surface area contributed by atoms with Gasteiger partial charge in [0.2, 0.25) is 0 Å². The van der Waals surface area contributed by atoms with Gasteiger partial charge >= 0.3 is 0 Å². The van der Waals surface area contributed by atoms with Gasteiger partial charge in [-0.25, -0.2) is 0 Å². The van der Waals surface area contributed by atoms with Crippen LogP contribution in [0, 0.1) is 0 Å². The first-order valence-electron chi connectivity index (χ1n) is 7.48. The molecule has 0 fully saturated rings. The van der Waals surface area contributed by atoms with Crippen LogP contribution in [-0.2, 0) is 0 Å². The van der Waals surface area contributed by atoms with Gasteiger partial charge < -0.3 is 4.90 Å². The largest absolute Gasteiger partial charge is 0.346 e. The topological polar surface area (TPSA) is 3.24 Å². The first-order valence-corrected chi connectivity index (χ1v) is 7.48. The molecule has 0 radical (unpaired) electrons. The van der Waals surface area contributed by atoms with Crippen molar-refractivity contribution in [2.75, 3.05) is 6.54 Å². The second-order valence-electron chi connectivity index (χ2n) is 4.78. The van der Waals surface area contributed by atoms with Crippen molar-refractivity contribution in [1.82, 2.24) is 4.90 Å². The molecule has 0 bridgehead atoms. The summed E-state index contributed by atoms with van der Waals surface area (Å²) < 4.78 is 0. The third-order valence-corrected chi connectivity index (χ3v) is 3.07. The zero-order valence-electron chi connectivity index (χ0n) is 13.6. The van der Waals surface area contributed by atoms with E-state index in [0.717, 1.165) is 37.2 Å². The van der Waals surface area contributed by atoms with Gasteiger partial charge in [0.15, 0.2) is 0 Å². The Bertz CT molecular complexity index is 446. The second kappa shape index (κ2) is 11.8. The summed E-state index contributed by atoms with van der Waals surface area (Å²) in [4.78, 5) is 2.18. The number of allylic oxidation sites excluding steroid dienone is 9. The van der Waals surface area contributed by atoms with Crippen molar-refractivity contribution in [1.29, 1.82) is 0 Å². The van der Waals surface area contributed by atoms with Gasteiger partial charge in [0.05, 0.1) is 0 Å². The van der Waals surface area contributed by atoms with Crippen LogP contribution in [0.1, 0.15) is 33.1 Å². The molecule has 21 heavy (non-hydrogen) atoms. The molecule has 1 heteroatoms. The lowest BCUT2D eigenvalue weighted by molar-refractivity contribution is 0.424. The molecular weight excluding hydrogens is 254 g/mol. The van der Waals surface area contributed by atoms with Crippen molar-refractivity contribution in [3.8, 4) is 0 Å². The van der Waals surface area contributed by atoms with E-state index in [-0.39, 0.29) is 0 Å². The fraction of sp³-hybridized carbons (Fsp3) is 0.300. The maximum absolute atomic E-state index is 4.22. The lowest BCUT2D eigenvalue weighted by atomic mass is 10.1. The normalized spacial score (nSPS) is 11.8. The third kappa shape index (κ3) is 7.98. The monoisotopic (exact) mass is 283 g/mol. The predicted octanol–water partition coefficient (Wildman–Crippen LogP) is 5.94. The first-order chi connectivity index (χ1) is 10.1. The zero-order chi connectivity index (χ0) is 16.1. The van der Waals surface area contributed by atoms with Crippen molar-refractivity contribution in [3.63, 3.8) is 0 Å².